The molecule has 0 radical (unpaired) electrons. The Kier molecular flexibility index (Phi) is 5.53. The van der Waals surface area contributed by atoms with E-state index >= 15 is 0 Å². The molecule has 0 saturated carbocycles. The van der Waals surface area contributed by atoms with Crippen molar-refractivity contribution in [3.63, 3.8) is 0 Å². The third-order valence-corrected chi connectivity index (χ3v) is 5.63. The van der Waals surface area contributed by atoms with Crippen LogP contribution in [0.2, 0.25) is 10.2 Å². The number of urea groups is 1. The van der Waals surface area contributed by atoms with Gasteiger partial charge < -0.3 is 14.5 Å². The Balaban J connectivity index is 1.47. The molecule has 1 unspecified atom stereocenters. The van der Waals surface area contributed by atoms with Gasteiger partial charge in [0.2, 0.25) is 0 Å². The molecule has 7 heteroatoms. The van der Waals surface area contributed by atoms with Crippen LogP contribution in [0.4, 0.5) is 4.79 Å². The van der Waals surface area contributed by atoms with Crippen molar-refractivity contribution in [2.45, 2.75) is 25.0 Å². The SMILES string of the molecule is O=C(N1CCCC1)N1CC(OC(c2ccc(Cl)cc2)c2cccnc2Cl)C1. The van der Waals surface area contributed by atoms with Crippen molar-refractivity contribution >= 4 is 29.2 Å². The predicted molar refractivity (Wildman–Crippen MR) is 105 cm³/mol. The molecule has 2 aliphatic heterocycles. The zero-order chi connectivity index (χ0) is 18.8. The van der Waals surface area contributed by atoms with Crippen LogP contribution in [-0.4, -0.2) is 53.1 Å². The first-order valence-electron chi connectivity index (χ1n) is 9.17. The maximum absolute atomic E-state index is 12.4. The highest BCUT2D eigenvalue weighted by Gasteiger charge is 2.37. The van der Waals surface area contributed by atoms with Crippen LogP contribution in [0.25, 0.3) is 0 Å². The van der Waals surface area contributed by atoms with Crippen LogP contribution in [0.5, 0.6) is 0 Å². The van der Waals surface area contributed by atoms with Crippen LogP contribution in [0, 0.1) is 0 Å². The molecule has 2 saturated heterocycles. The first-order chi connectivity index (χ1) is 13.1. The topological polar surface area (TPSA) is 45.7 Å². The summed E-state index contributed by atoms with van der Waals surface area (Å²) in [5, 5.41) is 1.09. The van der Waals surface area contributed by atoms with Crippen molar-refractivity contribution in [2.75, 3.05) is 26.2 Å². The molecular weight excluding hydrogens is 385 g/mol. The molecule has 0 N–H and O–H groups in total. The zero-order valence-electron chi connectivity index (χ0n) is 14.9. The minimum Gasteiger partial charge on any atom is -0.362 e. The molecule has 1 aromatic heterocycles. The number of ether oxygens (including phenoxy) is 1. The second kappa shape index (κ2) is 8.05. The number of carbonyl (C=O) groups excluding carboxylic acids is 1. The standard InChI is InChI=1S/C20H21Cl2N3O2/c21-15-7-5-14(6-8-15)18(17-4-3-9-23-19(17)22)27-16-12-25(13-16)20(26)24-10-1-2-11-24/h3-9,16,18H,1-2,10-13H2. The predicted octanol–water partition coefficient (Wildman–Crippen LogP) is 4.39. The summed E-state index contributed by atoms with van der Waals surface area (Å²) >= 11 is 12.3. The first kappa shape index (κ1) is 18.5. The fourth-order valence-electron chi connectivity index (χ4n) is 3.54. The van der Waals surface area contributed by atoms with E-state index in [2.05, 4.69) is 4.98 Å². The number of halogens is 2. The lowest BCUT2D eigenvalue weighted by Gasteiger charge is -2.42. The molecule has 2 aromatic rings. The molecule has 27 heavy (non-hydrogen) atoms. The van der Waals surface area contributed by atoms with Crippen LogP contribution >= 0.6 is 23.2 Å². The molecule has 2 amide bonds. The first-order valence-corrected chi connectivity index (χ1v) is 9.92. The van der Waals surface area contributed by atoms with Crippen LogP contribution < -0.4 is 0 Å². The Bertz CT molecular complexity index is 803. The van der Waals surface area contributed by atoms with Gasteiger partial charge in [0.1, 0.15) is 11.3 Å². The summed E-state index contributed by atoms with van der Waals surface area (Å²) in [6.45, 7) is 2.91. The highest BCUT2D eigenvalue weighted by molar-refractivity contribution is 6.30. The molecule has 1 aromatic carbocycles. The Morgan fingerprint density at radius 1 is 1.07 bits per heavy atom. The van der Waals surface area contributed by atoms with Gasteiger partial charge in [-0.25, -0.2) is 9.78 Å². The highest BCUT2D eigenvalue weighted by atomic mass is 35.5. The van der Waals surface area contributed by atoms with Crippen LogP contribution in [-0.2, 0) is 4.74 Å². The second-order valence-corrected chi connectivity index (χ2v) is 7.75. The van der Waals surface area contributed by atoms with Gasteiger partial charge in [-0.05, 0) is 36.6 Å². The number of pyridine rings is 1. The van der Waals surface area contributed by atoms with Gasteiger partial charge in [0, 0.05) is 29.9 Å². The van der Waals surface area contributed by atoms with Crippen LogP contribution in [0.3, 0.4) is 0 Å². The lowest BCUT2D eigenvalue weighted by atomic mass is 10.0. The van der Waals surface area contributed by atoms with E-state index in [0.717, 1.165) is 37.1 Å². The average Bonchev–Trinajstić information content (AvgIpc) is 3.17. The van der Waals surface area contributed by atoms with E-state index in [4.69, 9.17) is 27.9 Å². The summed E-state index contributed by atoms with van der Waals surface area (Å²) in [6.07, 6.45) is 3.46. The van der Waals surface area contributed by atoms with Crippen molar-refractivity contribution < 1.29 is 9.53 Å². The van der Waals surface area contributed by atoms with E-state index in [-0.39, 0.29) is 18.2 Å². The zero-order valence-corrected chi connectivity index (χ0v) is 16.4. The average molecular weight is 406 g/mol. The van der Waals surface area contributed by atoms with Gasteiger partial charge in [-0.15, -0.1) is 0 Å². The van der Waals surface area contributed by atoms with Gasteiger partial charge >= 0.3 is 6.03 Å². The van der Waals surface area contributed by atoms with Gasteiger partial charge in [-0.1, -0.05) is 41.4 Å². The summed E-state index contributed by atoms with van der Waals surface area (Å²) < 4.78 is 6.34. The minimum atomic E-state index is -0.350. The molecule has 2 fully saturated rings. The summed E-state index contributed by atoms with van der Waals surface area (Å²) in [7, 11) is 0. The number of benzene rings is 1. The van der Waals surface area contributed by atoms with Crippen molar-refractivity contribution in [1.82, 2.24) is 14.8 Å². The lowest BCUT2D eigenvalue weighted by molar-refractivity contribution is -0.0681. The molecule has 1 atom stereocenters. The van der Waals surface area contributed by atoms with Crippen molar-refractivity contribution in [3.8, 4) is 0 Å². The van der Waals surface area contributed by atoms with Gasteiger partial charge in [0.25, 0.3) is 0 Å². The molecule has 5 nitrogen and oxygen atoms in total. The maximum atomic E-state index is 12.4. The minimum absolute atomic E-state index is 0.0338. The number of hydrogen-bond acceptors (Lipinski definition) is 3. The Morgan fingerprint density at radius 2 is 1.78 bits per heavy atom. The highest BCUT2D eigenvalue weighted by Crippen LogP contribution is 2.33. The Morgan fingerprint density at radius 3 is 2.44 bits per heavy atom. The number of carbonyl (C=O) groups is 1. The van der Waals surface area contributed by atoms with E-state index in [1.165, 1.54) is 0 Å². The molecule has 0 aliphatic carbocycles. The van der Waals surface area contributed by atoms with E-state index in [1.807, 2.05) is 46.2 Å². The van der Waals surface area contributed by atoms with Gasteiger partial charge in [0.05, 0.1) is 19.2 Å². The molecule has 0 spiro atoms. The van der Waals surface area contributed by atoms with E-state index in [0.29, 0.717) is 23.3 Å². The summed E-state index contributed by atoms with van der Waals surface area (Å²) in [6, 6.07) is 11.4. The van der Waals surface area contributed by atoms with Crippen LogP contribution in [0.15, 0.2) is 42.6 Å². The lowest BCUT2D eigenvalue weighted by Crippen LogP contribution is -2.58. The van der Waals surface area contributed by atoms with E-state index < -0.39 is 0 Å². The fraction of sp³-hybridized carbons (Fsp3) is 0.400. The number of amides is 2. The third kappa shape index (κ3) is 4.05. The van der Waals surface area contributed by atoms with Crippen molar-refractivity contribution in [3.05, 3.63) is 63.9 Å². The smallest absolute Gasteiger partial charge is 0.320 e. The maximum Gasteiger partial charge on any atom is 0.320 e. The number of aromatic nitrogens is 1. The largest absolute Gasteiger partial charge is 0.362 e. The number of rotatable bonds is 4. The molecule has 142 valence electrons. The number of nitrogens with zero attached hydrogens (tertiary/aromatic N) is 3. The molecule has 0 bridgehead atoms. The van der Waals surface area contributed by atoms with Gasteiger partial charge in [-0.3, -0.25) is 0 Å². The van der Waals surface area contributed by atoms with Crippen molar-refractivity contribution in [1.29, 1.82) is 0 Å². The van der Waals surface area contributed by atoms with Gasteiger partial charge in [0.15, 0.2) is 0 Å². The molecule has 3 heterocycles. The molecule has 2 aliphatic rings. The monoisotopic (exact) mass is 405 g/mol. The van der Waals surface area contributed by atoms with Crippen molar-refractivity contribution in [2.24, 2.45) is 0 Å². The number of hydrogen-bond donors (Lipinski definition) is 0. The normalized spacial score (nSPS) is 18.4. The van der Waals surface area contributed by atoms with Gasteiger partial charge in [-0.2, -0.15) is 0 Å². The fourth-order valence-corrected chi connectivity index (χ4v) is 3.89. The Labute approximate surface area is 168 Å². The van der Waals surface area contributed by atoms with E-state index in [1.54, 1.807) is 6.20 Å². The quantitative estimate of drug-likeness (QED) is 0.708. The summed E-state index contributed by atoms with van der Waals surface area (Å²) in [5.74, 6) is 0. The third-order valence-electron chi connectivity index (χ3n) is 5.07. The molecular formula is C20H21Cl2N3O2. The molecule has 4 rings (SSSR count). The summed E-state index contributed by atoms with van der Waals surface area (Å²) in [5.41, 5.74) is 1.77. The van der Waals surface area contributed by atoms with Crippen LogP contribution in [0.1, 0.15) is 30.1 Å². The Hall–Kier alpha value is -1.82. The number of likely N-dealkylation sites (tertiary alicyclic amines) is 2. The summed E-state index contributed by atoms with van der Waals surface area (Å²) in [4.78, 5) is 20.4. The second-order valence-electron chi connectivity index (χ2n) is 6.95. The van der Waals surface area contributed by atoms with E-state index in [9.17, 15) is 4.79 Å².